The minimum atomic E-state index is -0.466. The maximum absolute atomic E-state index is 12.5. The van der Waals surface area contributed by atoms with E-state index in [4.69, 9.17) is 19.9 Å². The molecule has 0 radical (unpaired) electrons. The Kier molecular flexibility index (Phi) is 5.82. The molecule has 6 nitrogen and oxygen atoms in total. The molecule has 0 bridgehead atoms. The molecule has 0 fully saturated rings. The second kappa shape index (κ2) is 8.86. The maximum Gasteiger partial charge on any atom is 0.343 e. The lowest BCUT2D eigenvalue weighted by molar-refractivity contribution is 0.0734. The van der Waals surface area contributed by atoms with Crippen molar-refractivity contribution in [2.75, 3.05) is 6.61 Å². The van der Waals surface area contributed by atoms with Gasteiger partial charge in [0.2, 0.25) is 5.88 Å². The second-order valence-electron chi connectivity index (χ2n) is 7.39. The van der Waals surface area contributed by atoms with Crippen molar-refractivity contribution in [2.45, 2.75) is 19.8 Å². The summed E-state index contributed by atoms with van der Waals surface area (Å²) >= 11 is 0. The van der Waals surface area contributed by atoms with Gasteiger partial charge in [-0.05, 0) is 49.7 Å². The molecule has 160 valence electrons. The average molecular weight is 426 g/mol. The minimum Gasteiger partial charge on any atom is -0.494 e. The van der Waals surface area contributed by atoms with Gasteiger partial charge in [0.1, 0.15) is 28.9 Å². The van der Waals surface area contributed by atoms with Crippen molar-refractivity contribution in [3.8, 4) is 23.3 Å². The van der Waals surface area contributed by atoms with Crippen molar-refractivity contribution in [1.29, 1.82) is 5.26 Å². The molecule has 0 aliphatic carbocycles. The first kappa shape index (κ1) is 21.0. The first-order valence-corrected chi connectivity index (χ1v) is 10.2. The lowest BCUT2D eigenvalue weighted by atomic mass is 9.83. The molecule has 6 heteroatoms. The monoisotopic (exact) mass is 426 g/mol. The van der Waals surface area contributed by atoms with Crippen LogP contribution >= 0.6 is 0 Å². The number of carbonyl (C=O) groups is 1. The van der Waals surface area contributed by atoms with Crippen LogP contribution in [0.5, 0.6) is 17.2 Å². The predicted octanol–water partition coefficient (Wildman–Crippen LogP) is 4.83. The van der Waals surface area contributed by atoms with Crippen LogP contribution in [0, 0.1) is 18.3 Å². The molecule has 3 aromatic carbocycles. The van der Waals surface area contributed by atoms with Crippen LogP contribution in [0.2, 0.25) is 0 Å². The van der Waals surface area contributed by atoms with E-state index < -0.39 is 11.9 Å². The lowest BCUT2D eigenvalue weighted by Gasteiger charge is -2.27. The Morgan fingerprint density at radius 2 is 1.91 bits per heavy atom. The summed E-state index contributed by atoms with van der Waals surface area (Å²) in [5, 5.41) is 9.74. The van der Waals surface area contributed by atoms with Crippen molar-refractivity contribution in [3.05, 3.63) is 100 Å². The zero-order valence-corrected chi connectivity index (χ0v) is 17.8. The summed E-state index contributed by atoms with van der Waals surface area (Å²) in [7, 11) is 0. The van der Waals surface area contributed by atoms with Gasteiger partial charge in [0.15, 0.2) is 0 Å². The minimum absolute atomic E-state index is 0.0222. The van der Waals surface area contributed by atoms with E-state index in [2.05, 4.69) is 6.07 Å². The average Bonchev–Trinajstić information content (AvgIpc) is 2.78. The van der Waals surface area contributed by atoms with Crippen LogP contribution < -0.4 is 19.9 Å². The van der Waals surface area contributed by atoms with Gasteiger partial charge < -0.3 is 19.9 Å². The number of carbonyl (C=O) groups excluding carboxylic acids is 1. The van der Waals surface area contributed by atoms with E-state index in [1.807, 2.05) is 44.2 Å². The summed E-state index contributed by atoms with van der Waals surface area (Å²) in [4.78, 5) is 12.5. The topological polar surface area (TPSA) is 94.6 Å². The largest absolute Gasteiger partial charge is 0.494 e. The first-order chi connectivity index (χ1) is 15.5. The molecular formula is C26H22N2O4. The van der Waals surface area contributed by atoms with E-state index in [0.29, 0.717) is 35.0 Å². The number of benzene rings is 3. The van der Waals surface area contributed by atoms with Crippen LogP contribution in [0.4, 0.5) is 0 Å². The molecule has 32 heavy (non-hydrogen) atoms. The number of rotatable bonds is 5. The molecule has 3 aromatic rings. The van der Waals surface area contributed by atoms with Crippen LogP contribution in [0.25, 0.3) is 0 Å². The Labute approximate surface area is 186 Å². The zero-order chi connectivity index (χ0) is 22.7. The molecule has 1 aliphatic heterocycles. The van der Waals surface area contributed by atoms with E-state index in [9.17, 15) is 10.1 Å². The molecule has 0 aromatic heterocycles. The summed E-state index contributed by atoms with van der Waals surface area (Å²) in [6.07, 6.45) is 0. The zero-order valence-electron chi connectivity index (χ0n) is 17.8. The Morgan fingerprint density at radius 3 is 2.66 bits per heavy atom. The third-order valence-electron chi connectivity index (χ3n) is 5.16. The number of hydrogen-bond donors (Lipinski definition) is 1. The molecule has 2 N–H and O–H groups in total. The highest BCUT2D eigenvalue weighted by Crippen LogP contribution is 2.44. The van der Waals surface area contributed by atoms with Crippen molar-refractivity contribution in [2.24, 2.45) is 5.73 Å². The highest BCUT2D eigenvalue weighted by molar-refractivity contribution is 5.91. The van der Waals surface area contributed by atoms with Gasteiger partial charge in [-0.2, -0.15) is 5.26 Å². The molecular weight excluding hydrogens is 404 g/mol. The van der Waals surface area contributed by atoms with Crippen molar-refractivity contribution < 1.29 is 19.0 Å². The van der Waals surface area contributed by atoms with Crippen LogP contribution in [0.1, 0.15) is 39.9 Å². The van der Waals surface area contributed by atoms with E-state index in [-0.39, 0.29) is 5.88 Å². The number of ether oxygens (including phenoxy) is 3. The van der Waals surface area contributed by atoms with Gasteiger partial charge in [-0.15, -0.1) is 0 Å². The van der Waals surface area contributed by atoms with E-state index in [1.54, 1.807) is 36.4 Å². The lowest BCUT2D eigenvalue weighted by Crippen LogP contribution is -2.21. The highest BCUT2D eigenvalue weighted by atomic mass is 16.5. The van der Waals surface area contributed by atoms with E-state index in [0.717, 1.165) is 16.7 Å². The number of nitrogens with zero attached hydrogens (tertiary/aromatic N) is 1. The third-order valence-corrected chi connectivity index (χ3v) is 5.16. The first-order valence-electron chi connectivity index (χ1n) is 10.2. The summed E-state index contributed by atoms with van der Waals surface area (Å²) in [5.41, 5.74) is 9.42. The Bertz CT molecular complexity index is 1260. The van der Waals surface area contributed by atoms with Gasteiger partial charge in [-0.1, -0.05) is 35.9 Å². The normalized spacial score (nSPS) is 14.7. The number of nitriles is 1. The third kappa shape index (κ3) is 4.14. The Hall–Kier alpha value is -4.24. The quantitative estimate of drug-likeness (QED) is 0.464. The summed E-state index contributed by atoms with van der Waals surface area (Å²) < 4.78 is 16.9. The SMILES string of the molecule is CCOc1cccc(C2C(C#N)=C(N)Oc3cc(OC(=O)c4cccc(C)c4)ccc32)c1. The number of fused-ring (bicyclic) bond motifs is 1. The van der Waals surface area contributed by atoms with Gasteiger partial charge in [0, 0.05) is 11.6 Å². The number of aryl methyl sites for hydroxylation is 1. The van der Waals surface area contributed by atoms with Crippen molar-refractivity contribution >= 4 is 5.97 Å². The molecule has 1 heterocycles. The number of nitrogens with two attached hydrogens (primary N) is 1. The molecule has 4 rings (SSSR count). The second-order valence-corrected chi connectivity index (χ2v) is 7.39. The fraction of sp³-hybridized carbons (Fsp3) is 0.154. The summed E-state index contributed by atoms with van der Waals surface area (Å²) in [5.74, 6) is 0.594. The van der Waals surface area contributed by atoms with E-state index >= 15 is 0 Å². The number of esters is 1. The van der Waals surface area contributed by atoms with E-state index in [1.165, 1.54) is 0 Å². The van der Waals surface area contributed by atoms with Crippen LogP contribution in [-0.2, 0) is 0 Å². The van der Waals surface area contributed by atoms with Gasteiger partial charge in [0.25, 0.3) is 0 Å². The van der Waals surface area contributed by atoms with Gasteiger partial charge in [-0.25, -0.2) is 4.79 Å². The van der Waals surface area contributed by atoms with Crippen LogP contribution in [0.3, 0.4) is 0 Å². The van der Waals surface area contributed by atoms with Crippen LogP contribution in [-0.4, -0.2) is 12.6 Å². The molecule has 0 spiro atoms. The van der Waals surface area contributed by atoms with Gasteiger partial charge in [-0.3, -0.25) is 0 Å². The van der Waals surface area contributed by atoms with Crippen molar-refractivity contribution in [1.82, 2.24) is 0 Å². The standard InChI is InChI=1S/C26H22N2O4/c1-3-30-19-9-5-7-17(13-19)24-21-11-10-20(14-23(21)32-25(28)22(24)15-27)31-26(29)18-8-4-6-16(2)12-18/h4-14,24H,3,28H2,1-2H3. The van der Waals surface area contributed by atoms with Gasteiger partial charge in [0.05, 0.1) is 18.1 Å². The van der Waals surface area contributed by atoms with Crippen LogP contribution in [0.15, 0.2) is 78.2 Å². The van der Waals surface area contributed by atoms with Gasteiger partial charge >= 0.3 is 5.97 Å². The summed E-state index contributed by atoms with van der Waals surface area (Å²) in [6.45, 7) is 4.35. The molecule has 0 saturated heterocycles. The smallest absolute Gasteiger partial charge is 0.343 e. The number of hydrogen-bond acceptors (Lipinski definition) is 6. The maximum atomic E-state index is 12.5. The molecule has 0 amide bonds. The highest BCUT2D eigenvalue weighted by Gasteiger charge is 2.31. The fourth-order valence-electron chi connectivity index (χ4n) is 3.73. The Balaban J connectivity index is 1.69. The van der Waals surface area contributed by atoms with Crippen molar-refractivity contribution in [3.63, 3.8) is 0 Å². The summed E-state index contributed by atoms with van der Waals surface area (Å²) in [6, 6.07) is 22.0. The molecule has 0 saturated carbocycles. The molecule has 1 aliphatic rings. The number of allylic oxidation sites excluding steroid dienone is 1. The fourth-order valence-corrected chi connectivity index (χ4v) is 3.73. The molecule has 1 unspecified atom stereocenters. The molecule has 1 atom stereocenters. The Morgan fingerprint density at radius 1 is 1.09 bits per heavy atom. The predicted molar refractivity (Wildman–Crippen MR) is 119 cm³/mol.